The third kappa shape index (κ3) is 3.46. The van der Waals surface area contributed by atoms with Crippen LogP contribution in [0.5, 0.6) is 0 Å². The fourth-order valence-corrected chi connectivity index (χ4v) is 3.42. The van der Waals surface area contributed by atoms with Crippen LogP contribution in [0.25, 0.3) is 11.1 Å². The van der Waals surface area contributed by atoms with Crippen molar-refractivity contribution in [3.05, 3.63) is 83.9 Å². The van der Waals surface area contributed by atoms with Crippen molar-refractivity contribution in [3.63, 3.8) is 0 Å². The Bertz CT molecular complexity index is 895. The summed E-state index contributed by atoms with van der Waals surface area (Å²) in [5.41, 5.74) is 5.58. The molecule has 26 heavy (non-hydrogen) atoms. The van der Waals surface area contributed by atoms with E-state index in [1.54, 1.807) is 18.3 Å². The van der Waals surface area contributed by atoms with Gasteiger partial charge >= 0.3 is 0 Å². The van der Waals surface area contributed by atoms with Gasteiger partial charge in [-0.2, -0.15) is 0 Å². The molecule has 4 rings (SSSR count). The van der Waals surface area contributed by atoms with Gasteiger partial charge in [-0.15, -0.1) is 0 Å². The first-order chi connectivity index (χ1) is 12.7. The summed E-state index contributed by atoms with van der Waals surface area (Å²) in [6.07, 6.45) is 4.68. The van der Waals surface area contributed by atoms with Gasteiger partial charge in [-0.25, -0.2) is 4.39 Å². The third-order valence-corrected chi connectivity index (χ3v) is 4.87. The second-order valence-corrected chi connectivity index (χ2v) is 6.63. The normalized spacial score (nSPS) is 16.2. The molecule has 3 nitrogen and oxygen atoms in total. The number of aromatic nitrogens is 1. The van der Waals surface area contributed by atoms with Crippen molar-refractivity contribution in [1.82, 2.24) is 4.98 Å². The van der Waals surface area contributed by atoms with Crippen LogP contribution in [0, 0.1) is 5.82 Å². The van der Waals surface area contributed by atoms with Crippen LogP contribution in [0.3, 0.4) is 0 Å². The minimum Gasteiger partial charge on any atom is -0.371 e. The molecule has 2 heterocycles. The molecule has 1 aliphatic heterocycles. The molecule has 0 saturated heterocycles. The van der Waals surface area contributed by atoms with Crippen molar-refractivity contribution in [2.45, 2.75) is 12.5 Å². The molecule has 3 aromatic rings. The van der Waals surface area contributed by atoms with E-state index in [1.807, 2.05) is 13.2 Å². The number of fused-ring (bicyclic) bond motifs is 1. The highest BCUT2D eigenvalue weighted by atomic mass is 19.1. The second kappa shape index (κ2) is 7.26. The maximum atomic E-state index is 13.2. The number of likely N-dealkylation sites (N-methyl/N-ethyl adjacent to an activating group) is 1. The van der Waals surface area contributed by atoms with Crippen LogP contribution in [0.4, 0.5) is 10.1 Å². The van der Waals surface area contributed by atoms with Crippen LogP contribution in [0.2, 0.25) is 0 Å². The van der Waals surface area contributed by atoms with Crippen molar-refractivity contribution in [2.24, 2.45) is 0 Å². The van der Waals surface area contributed by atoms with Crippen molar-refractivity contribution in [3.8, 4) is 11.1 Å². The SMILES string of the molecule is CN(CC1OCCc2ccccc21)c1cncc(-c2ccc(F)cc2)c1. The molecule has 0 amide bonds. The monoisotopic (exact) mass is 348 g/mol. The molecule has 0 radical (unpaired) electrons. The molecule has 1 unspecified atom stereocenters. The quantitative estimate of drug-likeness (QED) is 0.687. The highest BCUT2D eigenvalue weighted by Crippen LogP contribution is 2.29. The van der Waals surface area contributed by atoms with Crippen LogP contribution in [0.15, 0.2) is 67.0 Å². The van der Waals surface area contributed by atoms with Gasteiger partial charge < -0.3 is 9.64 Å². The van der Waals surface area contributed by atoms with E-state index in [4.69, 9.17) is 4.74 Å². The topological polar surface area (TPSA) is 25.4 Å². The predicted octanol–water partition coefficient (Wildman–Crippen LogP) is 4.64. The van der Waals surface area contributed by atoms with E-state index in [2.05, 4.69) is 40.2 Å². The molecule has 0 bridgehead atoms. The fraction of sp³-hybridized carbons (Fsp3) is 0.227. The summed E-state index contributed by atoms with van der Waals surface area (Å²) in [6, 6.07) is 17.1. The van der Waals surface area contributed by atoms with Crippen LogP contribution >= 0.6 is 0 Å². The third-order valence-electron chi connectivity index (χ3n) is 4.87. The molecular weight excluding hydrogens is 327 g/mol. The zero-order valence-electron chi connectivity index (χ0n) is 14.7. The average molecular weight is 348 g/mol. The number of benzene rings is 2. The van der Waals surface area contributed by atoms with E-state index in [-0.39, 0.29) is 11.9 Å². The number of rotatable bonds is 4. The summed E-state index contributed by atoms with van der Waals surface area (Å²) >= 11 is 0. The lowest BCUT2D eigenvalue weighted by atomic mass is 9.97. The van der Waals surface area contributed by atoms with Gasteiger partial charge in [-0.05, 0) is 41.3 Å². The summed E-state index contributed by atoms with van der Waals surface area (Å²) in [5, 5.41) is 0. The van der Waals surface area contributed by atoms with Crippen LogP contribution in [0.1, 0.15) is 17.2 Å². The molecule has 2 aromatic carbocycles. The average Bonchev–Trinajstić information content (AvgIpc) is 2.69. The molecule has 0 spiro atoms. The fourth-order valence-electron chi connectivity index (χ4n) is 3.42. The lowest BCUT2D eigenvalue weighted by molar-refractivity contribution is 0.0478. The van der Waals surface area contributed by atoms with Crippen LogP contribution in [-0.4, -0.2) is 25.2 Å². The van der Waals surface area contributed by atoms with Gasteiger partial charge in [0.15, 0.2) is 0 Å². The largest absolute Gasteiger partial charge is 0.371 e. The van der Waals surface area contributed by atoms with Gasteiger partial charge in [0.2, 0.25) is 0 Å². The van der Waals surface area contributed by atoms with E-state index in [0.29, 0.717) is 0 Å². The zero-order valence-corrected chi connectivity index (χ0v) is 14.7. The summed E-state index contributed by atoms with van der Waals surface area (Å²) in [6.45, 7) is 1.51. The van der Waals surface area contributed by atoms with E-state index in [9.17, 15) is 4.39 Å². The highest BCUT2D eigenvalue weighted by Gasteiger charge is 2.22. The Morgan fingerprint density at radius 3 is 2.73 bits per heavy atom. The minimum absolute atomic E-state index is 0.0550. The Morgan fingerprint density at radius 1 is 1.08 bits per heavy atom. The first-order valence-electron chi connectivity index (χ1n) is 8.82. The maximum Gasteiger partial charge on any atom is 0.123 e. The molecular formula is C22H21FN2O. The summed E-state index contributed by atoms with van der Waals surface area (Å²) in [7, 11) is 2.05. The van der Waals surface area contributed by atoms with Crippen molar-refractivity contribution >= 4 is 5.69 Å². The minimum atomic E-state index is -0.233. The molecule has 1 atom stereocenters. The predicted molar refractivity (Wildman–Crippen MR) is 102 cm³/mol. The molecule has 132 valence electrons. The Hall–Kier alpha value is -2.72. The standard InChI is InChI=1S/C22H21FN2O/c1-25(15-22-21-5-3-2-4-17(21)10-11-26-22)20-12-18(13-24-14-20)16-6-8-19(23)9-7-16/h2-9,12-14,22H,10-11,15H2,1H3. The highest BCUT2D eigenvalue weighted by molar-refractivity contribution is 5.67. The second-order valence-electron chi connectivity index (χ2n) is 6.63. The Morgan fingerprint density at radius 2 is 1.88 bits per heavy atom. The summed E-state index contributed by atoms with van der Waals surface area (Å²) in [4.78, 5) is 6.53. The van der Waals surface area contributed by atoms with Gasteiger partial charge in [0.1, 0.15) is 11.9 Å². The number of anilines is 1. The Balaban J connectivity index is 1.55. The first-order valence-corrected chi connectivity index (χ1v) is 8.82. The van der Waals surface area contributed by atoms with Crippen LogP contribution < -0.4 is 4.90 Å². The van der Waals surface area contributed by atoms with Gasteiger partial charge in [-0.3, -0.25) is 4.98 Å². The lowest BCUT2D eigenvalue weighted by Gasteiger charge is -2.30. The number of halogens is 1. The van der Waals surface area contributed by atoms with E-state index >= 15 is 0 Å². The van der Waals surface area contributed by atoms with Gasteiger partial charge in [0.05, 0.1) is 18.5 Å². The summed E-state index contributed by atoms with van der Waals surface area (Å²) in [5.74, 6) is -0.233. The Labute approximate surface area is 153 Å². The number of nitrogens with zero attached hydrogens (tertiary/aromatic N) is 2. The maximum absolute atomic E-state index is 13.2. The van der Waals surface area contributed by atoms with E-state index < -0.39 is 0 Å². The molecule has 1 aliphatic rings. The van der Waals surface area contributed by atoms with Crippen LogP contribution in [-0.2, 0) is 11.2 Å². The van der Waals surface area contributed by atoms with Crippen molar-refractivity contribution < 1.29 is 9.13 Å². The molecule has 0 fully saturated rings. The van der Waals surface area contributed by atoms with E-state index in [0.717, 1.165) is 36.4 Å². The molecule has 0 saturated carbocycles. The van der Waals surface area contributed by atoms with Crippen molar-refractivity contribution in [1.29, 1.82) is 0 Å². The number of ether oxygens (including phenoxy) is 1. The van der Waals surface area contributed by atoms with Gasteiger partial charge in [-0.1, -0.05) is 36.4 Å². The Kier molecular flexibility index (Phi) is 4.67. The lowest BCUT2D eigenvalue weighted by Crippen LogP contribution is -2.29. The number of pyridine rings is 1. The van der Waals surface area contributed by atoms with Gasteiger partial charge in [0.25, 0.3) is 0 Å². The smallest absolute Gasteiger partial charge is 0.123 e. The summed E-state index contributed by atoms with van der Waals surface area (Å²) < 4.78 is 19.2. The molecule has 1 aromatic heterocycles. The molecule has 4 heteroatoms. The number of hydrogen-bond donors (Lipinski definition) is 0. The number of hydrogen-bond acceptors (Lipinski definition) is 3. The van der Waals surface area contributed by atoms with E-state index in [1.165, 1.54) is 23.3 Å². The molecule has 0 N–H and O–H groups in total. The molecule has 0 aliphatic carbocycles. The zero-order chi connectivity index (χ0) is 17.9. The van der Waals surface area contributed by atoms with Gasteiger partial charge in [0, 0.05) is 25.4 Å². The van der Waals surface area contributed by atoms with Crippen molar-refractivity contribution in [2.75, 3.05) is 25.1 Å². The first kappa shape index (κ1) is 16.7.